The molecule has 0 atom stereocenters. The molecule has 0 radical (unpaired) electrons. The van der Waals surface area contributed by atoms with Crippen molar-refractivity contribution >= 4 is 17.1 Å². The van der Waals surface area contributed by atoms with Crippen LogP contribution in [0.25, 0.3) is 33.7 Å². The number of benzene rings is 1. The van der Waals surface area contributed by atoms with E-state index in [2.05, 4.69) is 30.4 Å². The largest absolute Gasteiger partial charge is 0.493 e. The highest BCUT2D eigenvalue weighted by Gasteiger charge is 2.14. The first-order valence-corrected chi connectivity index (χ1v) is 8.35. The first-order chi connectivity index (χ1) is 13.6. The van der Waals surface area contributed by atoms with Gasteiger partial charge in [0.05, 0.1) is 12.2 Å². The van der Waals surface area contributed by atoms with Crippen LogP contribution >= 0.6 is 0 Å². The van der Waals surface area contributed by atoms with E-state index in [1.807, 2.05) is 13.0 Å². The number of nitrogens with zero attached hydrogens (tertiary/aromatic N) is 4. The maximum absolute atomic E-state index is 12.2. The highest BCUT2D eigenvalue weighted by molar-refractivity contribution is 5.86. The van der Waals surface area contributed by atoms with Crippen molar-refractivity contribution in [2.24, 2.45) is 0 Å². The van der Waals surface area contributed by atoms with Crippen molar-refractivity contribution in [3.05, 3.63) is 52.6 Å². The van der Waals surface area contributed by atoms with Crippen LogP contribution in [-0.4, -0.2) is 48.0 Å². The molecule has 3 aromatic heterocycles. The Hall–Kier alpha value is -4.08. The topological polar surface area (TPSA) is 147 Å². The predicted octanol–water partition coefficient (Wildman–Crippen LogP) is 1.87. The molecule has 0 amide bonds. The zero-order chi connectivity index (χ0) is 19.7. The number of carboxylic acids is 1. The molecule has 0 saturated carbocycles. The standard InChI is InChI=1S/C18H14N6O4/c1-2-28-13-7-9(10-4-6-12(18(26)27)19-8-10)3-5-11(13)15-20-16-14(17(25)21-15)22-24-23-16/h3-8H,2H2,1H3,(H,26,27)(H2,20,21,22,23,24,25). The summed E-state index contributed by atoms with van der Waals surface area (Å²) in [5.41, 5.74) is 2.06. The number of nitrogens with one attached hydrogen (secondary N) is 2. The molecule has 3 N–H and O–H groups in total. The number of rotatable bonds is 5. The van der Waals surface area contributed by atoms with Gasteiger partial charge < -0.3 is 14.8 Å². The maximum Gasteiger partial charge on any atom is 0.354 e. The van der Waals surface area contributed by atoms with E-state index < -0.39 is 11.5 Å². The molecule has 0 saturated heterocycles. The third kappa shape index (κ3) is 3.07. The van der Waals surface area contributed by atoms with Crippen LogP contribution in [0.5, 0.6) is 5.75 Å². The molecule has 0 aliphatic heterocycles. The Bertz CT molecular complexity index is 1230. The van der Waals surface area contributed by atoms with Crippen LogP contribution in [0.3, 0.4) is 0 Å². The van der Waals surface area contributed by atoms with Gasteiger partial charge in [0.2, 0.25) is 0 Å². The molecule has 10 heteroatoms. The van der Waals surface area contributed by atoms with E-state index in [1.165, 1.54) is 12.3 Å². The second kappa shape index (κ2) is 6.91. The molecule has 0 aliphatic rings. The van der Waals surface area contributed by atoms with Gasteiger partial charge in [-0.3, -0.25) is 4.79 Å². The van der Waals surface area contributed by atoms with Gasteiger partial charge in [-0.2, -0.15) is 0 Å². The number of ether oxygens (including phenoxy) is 1. The molecule has 1 aromatic carbocycles. The van der Waals surface area contributed by atoms with Gasteiger partial charge in [-0.1, -0.05) is 17.3 Å². The van der Waals surface area contributed by atoms with Gasteiger partial charge in [-0.15, -0.1) is 5.10 Å². The summed E-state index contributed by atoms with van der Waals surface area (Å²) in [6.07, 6.45) is 1.48. The van der Waals surface area contributed by atoms with E-state index in [0.29, 0.717) is 23.7 Å². The summed E-state index contributed by atoms with van der Waals surface area (Å²) in [7, 11) is 0. The molecule has 0 bridgehead atoms. The molecule has 10 nitrogen and oxygen atoms in total. The lowest BCUT2D eigenvalue weighted by molar-refractivity contribution is 0.0690. The van der Waals surface area contributed by atoms with Gasteiger partial charge in [0.15, 0.2) is 11.2 Å². The van der Waals surface area contributed by atoms with Crippen LogP contribution in [0.2, 0.25) is 0 Å². The first-order valence-electron chi connectivity index (χ1n) is 8.35. The Kier molecular flexibility index (Phi) is 4.28. The number of carboxylic acid groups (broad SMARTS) is 1. The molecule has 0 unspecified atom stereocenters. The maximum atomic E-state index is 12.2. The molecular weight excluding hydrogens is 364 g/mol. The van der Waals surface area contributed by atoms with Gasteiger partial charge in [0.25, 0.3) is 5.56 Å². The minimum absolute atomic E-state index is 0.0337. The molecule has 140 valence electrons. The monoisotopic (exact) mass is 378 g/mol. The third-order valence-electron chi connectivity index (χ3n) is 4.05. The number of hydrogen-bond donors (Lipinski definition) is 3. The summed E-state index contributed by atoms with van der Waals surface area (Å²) in [5, 5.41) is 18.8. The lowest BCUT2D eigenvalue weighted by atomic mass is 10.0. The van der Waals surface area contributed by atoms with E-state index in [1.54, 1.807) is 18.2 Å². The van der Waals surface area contributed by atoms with Gasteiger partial charge in [-0.25, -0.2) is 19.9 Å². The highest BCUT2D eigenvalue weighted by Crippen LogP contribution is 2.32. The summed E-state index contributed by atoms with van der Waals surface area (Å²) in [6.45, 7) is 2.25. The average Bonchev–Trinajstić information content (AvgIpc) is 3.17. The molecular formula is C18H14N6O4. The SMILES string of the molecule is CCOc1cc(-c2ccc(C(=O)O)nc2)ccc1-c1nc2[nH]nnc2c(=O)[nH]1. The quantitative estimate of drug-likeness (QED) is 0.477. The van der Waals surface area contributed by atoms with Crippen LogP contribution in [0.1, 0.15) is 17.4 Å². The smallest absolute Gasteiger partial charge is 0.354 e. The average molecular weight is 378 g/mol. The molecule has 4 rings (SSSR count). The van der Waals surface area contributed by atoms with E-state index in [-0.39, 0.29) is 16.9 Å². The summed E-state index contributed by atoms with van der Waals surface area (Å²) >= 11 is 0. The zero-order valence-electron chi connectivity index (χ0n) is 14.6. The lowest BCUT2D eigenvalue weighted by Gasteiger charge is -2.12. The molecule has 0 aliphatic carbocycles. The summed E-state index contributed by atoms with van der Waals surface area (Å²) in [5.74, 6) is -0.259. The van der Waals surface area contributed by atoms with Crippen LogP contribution < -0.4 is 10.3 Å². The van der Waals surface area contributed by atoms with Crippen molar-refractivity contribution in [1.29, 1.82) is 0 Å². The van der Waals surface area contributed by atoms with E-state index in [0.717, 1.165) is 11.1 Å². The Balaban J connectivity index is 1.80. The zero-order valence-corrected chi connectivity index (χ0v) is 14.6. The Morgan fingerprint density at radius 1 is 1.21 bits per heavy atom. The number of H-pyrrole nitrogens is 2. The molecule has 0 fully saturated rings. The Labute approximate surface area is 157 Å². The minimum Gasteiger partial charge on any atom is -0.493 e. The number of aromatic nitrogens is 6. The first kappa shape index (κ1) is 17.3. The van der Waals surface area contributed by atoms with Gasteiger partial charge in [0, 0.05) is 11.8 Å². The van der Waals surface area contributed by atoms with E-state index in [4.69, 9.17) is 9.84 Å². The number of hydrogen-bond acceptors (Lipinski definition) is 7. The second-order valence-corrected chi connectivity index (χ2v) is 5.80. The highest BCUT2D eigenvalue weighted by atomic mass is 16.5. The minimum atomic E-state index is -1.09. The van der Waals surface area contributed by atoms with Crippen LogP contribution in [0.4, 0.5) is 0 Å². The van der Waals surface area contributed by atoms with E-state index in [9.17, 15) is 9.59 Å². The summed E-state index contributed by atoms with van der Waals surface area (Å²) in [4.78, 5) is 34.1. The summed E-state index contributed by atoms with van der Waals surface area (Å²) < 4.78 is 5.73. The molecule has 0 spiro atoms. The molecule has 28 heavy (non-hydrogen) atoms. The molecule has 4 aromatic rings. The van der Waals surface area contributed by atoms with Crippen molar-refractivity contribution in [3.8, 4) is 28.3 Å². The van der Waals surface area contributed by atoms with Crippen molar-refractivity contribution in [3.63, 3.8) is 0 Å². The second-order valence-electron chi connectivity index (χ2n) is 5.80. The number of fused-ring (bicyclic) bond motifs is 1. The molecule has 3 heterocycles. The number of aromatic carboxylic acids is 1. The van der Waals surface area contributed by atoms with Crippen molar-refractivity contribution in [2.75, 3.05) is 6.61 Å². The number of pyridine rings is 1. The predicted molar refractivity (Wildman–Crippen MR) is 99.1 cm³/mol. The Morgan fingerprint density at radius 3 is 2.75 bits per heavy atom. The van der Waals surface area contributed by atoms with E-state index >= 15 is 0 Å². The summed E-state index contributed by atoms with van der Waals surface area (Å²) in [6, 6.07) is 8.46. The normalized spacial score (nSPS) is 10.9. The lowest BCUT2D eigenvalue weighted by Crippen LogP contribution is -2.10. The van der Waals surface area contributed by atoms with Crippen molar-refractivity contribution < 1.29 is 14.6 Å². The fraction of sp³-hybridized carbons (Fsp3) is 0.111. The van der Waals surface area contributed by atoms with Crippen molar-refractivity contribution in [2.45, 2.75) is 6.92 Å². The number of carbonyl (C=O) groups is 1. The number of aromatic amines is 2. The van der Waals surface area contributed by atoms with Gasteiger partial charge in [-0.05, 0) is 30.7 Å². The Morgan fingerprint density at radius 2 is 2.04 bits per heavy atom. The van der Waals surface area contributed by atoms with Crippen LogP contribution in [-0.2, 0) is 0 Å². The fourth-order valence-corrected chi connectivity index (χ4v) is 2.75. The third-order valence-corrected chi connectivity index (χ3v) is 4.05. The van der Waals surface area contributed by atoms with Gasteiger partial charge >= 0.3 is 5.97 Å². The van der Waals surface area contributed by atoms with Crippen LogP contribution in [0, 0.1) is 0 Å². The van der Waals surface area contributed by atoms with Crippen molar-refractivity contribution in [1.82, 2.24) is 30.4 Å². The van der Waals surface area contributed by atoms with Crippen LogP contribution in [0.15, 0.2) is 41.3 Å². The van der Waals surface area contributed by atoms with Gasteiger partial charge in [0.1, 0.15) is 17.3 Å². The fourth-order valence-electron chi connectivity index (χ4n) is 2.75.